The van der Waals surface area contributed by atoms with Crippen molar-refractivity contribution in [1.29, 1.82) is 0 Å². The normalized spacial score (nSPS) is 19.6. The van der Waals surface area contributed by atoms with Crippen molar-refractivity contribution in [3.8, 4) is 0 Å². The van der Waals surface area contributed by atoms with Gasteiger partial charge in [-0.05, 0) is 44.7 Å². The molecule has 0 bridgehead atoms. The second-order valence-corrected chi connectivity index (χ2v) is 5.84. The molecule has 2 rings (SSSR count). The van der Waals surface area contributed by atoms with Gasteiger partial charge in [0.2, 0.25) is 0 Å². The van der Waals surface area contributed by atoms with Crippen LogP contribution in [0.1, 0.15) is 38.2 Å². The third-order valence-electron chi connectivity index (χ3n) is 3.37. The van der Waals surface area contributed by atoms with Gasteiger partial charge in [0.1, 0.15) is 5.60 Å². The van der Waals surface area contributed by atoms with Crippen molar-refractivity contribution < 1.29 is 5.11 Å². The van der Waals surface area contributed by atoms with Crippen molar-refractivity contribution in [2.45, 2.75) is 38.2 Å². The van der Waals surface area contributed by atoms with E-state index in [1.807, 2.05) is 37.3 Å². The first-order valence-electron chi connectivity index (χ1n) is 6.45. The zero-order valence-electron chi connectivity index (χ0n) is 10.7. The molecule has 0 saturated heterocycles. The molecule has 0 amide bonds. The van der Waals surface area contributed by atoms with Crippen LogP contribution in [0.25, 0.3) is 0 Å². The van der Waals surface area contributed by atoms with Crippen LogP contribution in [-0.2, 0) is 5.60 Å². The van der Waals surface area contributed by atoms with Crippen LogP contribution in [0.4, 0.5) is 0 Å². The second-order valence-electron chi connectivity index (χ2n) is 4.99. The number of hydrogen-bond acceptors (Lipinski definition) is 1. The first-order chi connectivity index (χ1) is 8.59. The molecule has 1 aromatic rings. The topological polar surface area (TPSA) is 20.2 Å². The van der Waals surface area contributed by atoms with Gasteiger partial charge in [0.15, 0.2) is 0 Å². The summed E-state index contributed by atoms with van der Waals surface area (Å²) in [5.74, 6) is 0. The third-order valence-corrected chi connectivity index (χ3v) is 4.06. The largest absolute Gasteiger partial charge is 0.381 e. The highest BCUT2D eigenvalue weighted by Crippen LogP contribution is 2.30. The molecule has 1 N–H and O–H groups in total. The van der Waals surface area contributed by atoms with Crippen LogP contribution < -0.4 is 0 Å². The maximum absolute atomic E-state index is 10.6. The number of hydrogen-bond donors (Lipinski definition) is 1. The number of aliphatic hydroxyl groups is 1. The highest BCUT2D eigenvalue weighted by molar-refractivity contribution is 9.10. The average molecular weight is 307 g/mol. The molecule has 96 valence electrons. The smallest absolute Gasteiger partial charge is 0.106 e. The lowest BCUT2D eigenvalue weighted by Crippen LogP contribution is -2.18. The lowest BCUT2D eigenvalue weighted by molar-refractivity contribution is 0.110. The molecule has 1 atom stereocenters. The number of halogens is 1. The number of benzene rings is 1. The first-order valence-corrected chi connectivity index (χ1v) is 7.24. The molecule has 2 heteroatoms. The first kappa shape index (κ1) is 13.6. The van der Waals surface area contributed by atoms with Crippen LogP contribution in [0.3, 0.4) is 0 Å². The highest BCUT2D eigenvalue weighted by Gasteiger charge is 2.21. The Morgan fingerprint density at radius 3 is 2.72 bits per heavy atom. The predicted octanol–water partition coefficient (Wildman–Crippen LogP) is 4.71. The van der Waals surface area contributed by atoms with Gasteiger partial charge in [0.05, 0.1) is 0 Å². The van der Waals surface area contributed by atoms with Gasteiger partial charge in [-0.3, -0.25) is 0 Å². The lowest BCUT2D eigenvalue weighted by Gasteiger charge is -2.21. The molecule has 0 fully saturated rings. The van der Waals surface area contributed by atoms with E-state index in [1.54, 1.807) is 0 Å². The Kier molecular flexibility index (Phi) is 4.41. The van der Waals surface area contributed by atoms with Crippen LogP contribution in [0.2, 0.25) is 0 Å². The molecule has 0 spiro atoms. The molecule has 1 unspecified atom stereocenters. The maximum Gasteiger partial charge on any atom is 0.106 e. The molecule has 0 heterocycles. The van der Waals surface area contributed by atoms with E-state index in [2.05, 4.69) is 28.1 Å². The lowest BCUT2D eigenvalue weighted by atomic mass is 9.93. The molecule has 0 radical (unpaired) electrons. The average Bonchev–Trinajstić information content (AvgIpc) is 2.38. The maximum atomic E-state index is 10.6. The molecule has 1 nitrogen and oxygen atoms in total. The van der Waals surface area contributed by atoms with E-state index in [9.17, 15) is 5.11 Å². The van der Waals surface area contributed by atoms with Crippen molar-refractivity contribution in [3.63, 3.8) is 0 Å². The minimum absolute atomic E-state index is 0.901. The van der Waals surface area contributed by atoms with E-state index in [1.165, 1.54) is 18.4 Å². The Morgan fingerprint density at radius 2 is 2.06 bits per heavy atom. The molecular formula is C16H19BrO. The summed E-state index contributed by atoms with van der Waals surface area (Å²) in [5.41, 5.74) is 1.31. The van der Waals surface area contributed by atoms with Gasteiger partial charge in [0, 0.05) is 10.0 Å². The van der Waals surface area contributed by atoms with Gasteiger partial charge in [0.25, 0.3) is 0 Å². The van der Waals surface area contributed by atoms with Gasteiger partial charge in [-0.1, -0.05) is 51.9 Å². The molecule has 0 aliphatic heterocycles. The van der Waals surface area contributed by atoms with Crippen LogP contribution in [-0.4, -0.2) is 5.11 Å². The zero-order chi connectivity index (χ0) is 13.0. The Balaban J connectivity index is 2.19. The molecule has 0 aromatic heterocycles. The summed E-state index contributed by atoms with van der Waals surface area (Å²) in [6.45, 7) is 1.83. The predicted molar refractivity (Wildman–Crippen MR) is 79.4 cm³/mol. The summed E-state index contributed by atoms with van der Waals surface area (Å²) < 4.78 is 0.942. The monoisotopic (exact) mass is 306 g/mol. The van der Waals surface area contributed by atoms with E-state index in [4.69, 9.17) is 0 Å². The number of rotatable bonds is 3. The van der Waals surface area contributed by atoms with Crippen molar-refractivity contribution in [2.24, 2.45) is 0 Å². The van der Waals surface area contributed by atoms with E-state index in [0.29, 0.717) is 0 Å². The summed E-state index contributed by atoms with van der Waals surface area (Å²) in [6.07, 6.45) is 11.1. The molecule has 18 heavy (non-hydrogen) atoms. The summed E-state index contributed by atoms with van der Waals surface area (Å²) in [7, 11) is 0. The van der Waals surface area contributed by atoms with Crippen molar-refractivity contribution in [3.05, 3.63) is 58.1 Å². The minimum Gasteiger partial charge on any atom is -0.381 e. The standard InChI is InChI=1S/C16H19BrO/c1-16(18,14-9-5-6-10-15(14)17)12-11-13-7-3-2-4-8-13/h5-7,9-12,18H,2-4,8H2,1H3/b12-11+. The third kappa shape index (κ3) is 3.33. The van der Waals surface area contributed by atoms with Crippen LogP contribution in [0.15, 0.2) is 52.5 Å². The fraction of sp³-hybridized carbons (Fsp3) is 0.375. The van der Waals surface area contributed by atoms with Crippen molar-refractivity contribution >= 4 is 15.9 Å². The summed E-state index contributed by atoms with van der Waals surface area (Å²) >= 11 is 3.49. The van der Waals surface area contributed by atoms with Crippen LogP contribution in [0.5, 0.6) is 0 Å². The Hall–Kier alpha value is -0.860. The van der Waals surface area contributed by atoms with Gasteiger partial charge >= 0.3 is 0 Å². The quantitative estimate of drug-likeness (QED) is 0.857. The highest BCUT2D eigenvalue weighted by atomic mass is 79.9. The molecule has 0 saturated carbocycles. The van der Waals surface area contributed by atoms with E-state index < -0.39 is 5.60 Å². The van der Waals surface area contributed by atoms with E-state index in [0.717, 1.165) is 22.9 Å². The van der Waals surface area contributed by atoms with Gasteiger partial charge in [-0.2, -0.15) is 0 Å². The molecular weight excluding hydrogens is 288 g/mol. The molecule has 1 aliphatic rings. The fourth-order valence-corrected chi connectivity index (χ4v) is 2.93. The molecule has 1 aromatic carbocycles. The van der Waals surface area contributed by atoms with Gasteiger partial charge in [-0.25, -0.2) is 0 Å². The Bertz CT molecular complexity index is 472. The van der Waals surface area contributed by atoms with Crippen LogP contribution >= 0.6 is 15.9 Å². The van der Waals surface area contributed by atoms with E-state index >= 15 is 0 Å². The minimum atomic E-state index is -0.932. The Labute approximate surface area is 117 Å². The van der Waals surface area contributed by atoms with Crippen LogP contribution in [0, 0.1) is 0 Å². The SMILES string of the molecule is CC(O)(/C=C/C1=CCCCC1)c1ccccc1Br. The fourth-order valence-electron chi connectivity index (χ4n) is 2.25. The van der Waals surface area contributed by atoms with Crippen molar-refractivity contribution in [1.82, 2.24) is 0 Å². The Morgan fingerprint density at radius 1 is 1.28 bits per heavy atom. The van der Waals surface area contributed by atoms with Gasteiger partial charge < -0.3 is 5.11 Å². The summed E-state index contributed by atoms with van der Waals surface area (Å²) in [6, 6.07) is 7.81. The van der Waals surface area contributed by atoms with Gasteiger partial charge in [-0.15, -0.1) is 0 Å². The molecule has 1 aliphatic carbocycles. The van der Waals surface area contributed by atoms with Crippen molar-refractivity contribution in [2.75, 3.05) is 0 Å². The summed E-state index contributed by atoms with van der Waals surface area (Å²) in [4.78, 5) is 0. The van der Waals surface area contributed by atoms with E-state index in [-0.39, 0.29) is 0 Å². The number of allylic oxidation sites excluding steroid dienone is 3. The summed E-state index contributed by atoms with van der Waals surface area (Å²) in [5, 5.41) is 10.6. The zero-order valence-corrected chi connectivity index (χ0v) is 12.3. The second kappa shape index (κ2) is 5.85.